The Morgan fingerprint density at radius 3 is 2.65 bits per heavy atom. The summed E-state index contributed by atoms with van der Waals surface area (Å²) >= 11 is 0. The smallest absolute Gasteiger partial charge is 0.225 e. The van der Waals surface area contributed by atoms with Gasteiger partial charge in [0.2, 0.25) is 11.8 Å². The highest BCUT2D eigenvalue weighted by Crippen LogP contribution is 2.20. The Kier molecular flexibility index (Phi) is 6.16. The Bertz CT molecular complexity index is 530. The van der Waals surface area contributed by atoms with E-state index in [2.05, 4.69) is 22.3 Å². The first kappa shape index (κ1) is 17.5. The molecule has 0 spiro atoms. The molecule has 1 unspecified atom stereocenters. The minimum absolute atomic E-state index is 0.00499. The van der Waals surface area contributed by atoms with Crippen molar-refractivity contribution >= 4 is 11.8 Å². The van der Waals surface area contributed by atoms with Gasteiger partial charge >= 0.3 is 0 Å². The standard InChI is InChI=1S/C18H27N3O2/c1-14(2)21-13-16(11-17(21)22)18(23)19-9-10-20(3)12-15-7-5-4-6-8-15/h4-8,14,16H,9-13H2,1-3H3,(H,19,23). The molecular formula is C18H27N3O2. The SMILES string of the molecule is CC(C)N1CC(C(=O)NCCN(C)Cc2ccccc2)CC1=O. The van der Waals surface area contributed by atoms with Gasteiger partial charge in [-0.3, -0.25) is 9.59 Å². The quantitative estimate of drug-likeness (QED) is 0.829. The third-order valence-corrected chi connectivity index (χ3v) is 4.24. The Balaban J connectivity index is 1.70. The van der Waals surface area contributed by atoms with Crippen molar-refractivity contribution < 1.29 is 9.59 Å². The Morgan fingerprint density at radius 2 is 2.04 bits per heavy atom. The Hall–Kier alpha value is -1.88. The van der Waals surface area contributed by atoms with Crippen molar-refractivity contribution in [3.8, 4) is 0 Å². The number of nitrogens with zero attached hydrogens (tertiary/aromatic N) is 2. The van der Waals surface area contributed by atoms with Crippen LogP contribution in [0.25, 0.3) is 0 Å². The summed E-state index contributed by atoms with van der Waals surface area (Å²) in [5.74, 6) is -0.125. The number of hydrogen-bond acceptors (Lipinski definition) is 3. The molecule has 0 radical (unpaired) electrons. The highest BCUT2D eigenvalue weighted by atomic mass is 16.2. The molecule has 0 saturated carbocycles. The third kappa shape index (κ3) is 5.06. The van der Waals surface area contributed by atoms with E-state index in [1.54, 1.807) is 4.90 Å². The molecule has 1 N–H and O–H groups in total. The van der Waals surface area contributed by atoms with E-state index in [4.69, 9.17) is 0 Å². The highest BCUT2D eigenvalue weighted by Gasteiger charge is 2.35. The molecule has 1 heterocycles. The summed E-state index contributed by atoms with van der Waals surface area (Å²) in [5.41, 5.74) is 1.26. The van der Waals surface area contributed by atoms with E-state index in [0.717, 1.165) is 13.1 Å². The third-order valence-electron chi connectivity index (χ3n) is 4.24. The molecular weight excluding hydrogens is 290 g/mol. The first-order valence-corrected chi connectivity index (χ1v) is 8.27. The fourth-order valence-corrected chi connectivity index (χ4v) is 2.89. The molecule has 1 aromatic rings. The molecule has 1 aliphatic heterocycles. The van der Waals surface area contributed by atoms with E-state index in [0.29, 0.717) is 19.5 Å². The number of rotatable bonds is 7. The lowest BCUT2D eigenvalue weighted by molar-refractivity contribution is -0.129. The van der Waals surface area contributed by atoms with Gasteiger partial charge < -0.3 is 15.1 Å². The molecule has 1 fully saturated rings. The predicted octanol–water partition coefficient (Wildman–Crippen LogP) is 1.49. The van der Waals surface area contributed by atoms with Gasteiger partial charge in [0.15, 0.2) is 0 Å². The molecule has 1 saturated heterocycles. The lowest BCUT2D eigenvalue weighted by Crippen LogP contribution is -2.38. The van der Waals surface area contributed by atoms with Gasteiger partial charge in [-0.1, -0.05) is 30.3 Å². The van der Waals surface area contributed by atoms with Crippen LogP contribution >= 0.6 is 0 Å². The van der Waals surface area contributed by atoms with Crippen molar-refractivity contribution in [1.82, 2.24) is 15.1 Å². The number of amides is 2. The van der Waals surface area contributed by atoms with Crippen LogP contribution in [0.5, 0.6) is 0 Å². The molecule has 126 valence electrons. The fourth-order valence-electron chi connectivity index (χ4n) is 2.89. The second kappa shape index (κ2) is 8.11. The summed E-state index contributed by atoms with van der Waals surface area (Å²) < 4.78 is 0. The predicted molar refractivity (Wildman–Crippen MR) is 90.7 cm³/mol. The largest absolute Gasteiger partial charge is 0.355 e. The molecule has 0 aliphatic carbocycles. The molecule has 2 amide bonds. The van der Waals surface area contributed by atoms with Crippen molar-refractivity contribution in [2.45, 2.75) is 32.9 Å². The molecule has 23 heavy (non-hydrogen) atoms. The second-order valence-corrected chi connectivity index (χ2v) is 6.56. The first-order valence-electron chi connectivity index (χ1n) is 8.27. The summed E-state index contributed by atoms with van der Waals surface area (Å²) in [5, 5.41) is 2.96. The lowest BCUT2D eigenvalue weighted by atomic mass is 10.1. The van der Waals surface area contributed by atoms with Gasteiger partial charge in [-0.15, -0.1) is 0 Å². The number of hydrogen-bond donors (Lipinski definition) is 1. The number of nitrogens with one attached hydrogen (secondary N) is 1. The van der Waals surface area contributed by atoms with E-state index in [1.807, 2.05) is 39.1 Å². The topological polar surface area (TPSA) is 52.7 Å². The first-order chi connectivity index (χ1) is 11.0. The van der Waals surface area contributed by atoms with Crippen LogP contribution in [0.1, 0.15) is 25.8 Å². The minimum Gasteiger partial charge on any atom is -0.355 e. The van der Waals surface area contributed by atoms with E-state index in [-0.39, 0.29) is 23.8 Å². The number of likely N-dealkylation sites (tertiary alicyclic amines) is 1. The molecule has 0 bridgehead atoms. The number of likely N-dealkylation sites (N-methyl/N-ethyl adjacent to an activating group) is 1. The van der Waals surface area contributed by atoms with Crippen molar-refractivity contribution in [3.63, 3.8) is 0 Å². The zero-order valence-corrected chi connectivity index (χ0v) is 14.3. The number of carbonyl (C=O) groups excluding carboxylic acids is 2. The van der Waals surface area contributed by atoms with Gasteiger partial charge in [0, 0.05) is 38.6 Å². The van der Waals surface area contributed by atoms with Crippen molar-refractivity contribution in [1.29, 1.82) is 0 Å². The zero-order chi connectivity index (χ0) is 16.8. The summed E-state index contributed by atoms with van der Waals surface area (Å²) in [6.07, 6.45) is 0.337. The summed E-state index contributed by atoms with van der Waals surface area (Å²) in [7, 11) is 2.04. The lowest BCUT2D eigenvalue weighted by Gasteiger charge is -2.21. The monoisotopic (exact) mass is 317 g/mol. The summed E-state index contributed by atoms with van der Waals surface area (Å²) in [6, 6.07) is 10.4. The maximum absolute atomic E-state index is 12.2. The molecule has 2 rings (SSSR count). The van der Waals surface area contributed by atoms with Crippen LogP contribution in [0.15, 0.2) is 30.3 Å². The average molecular weight is 317 g/mol. The van der Waals surface area contributed by atoms with Crippen molar-refractivity contribution in [3.05, 3.63) is 35.9 Å². The van der Waals surface area contributed by atoms with Crippen LogP contribution in [-0.4, -0.2) is 54.3 Å². The second-order valence-electron chi connectivity index (χ2n) is 6.56. The number of carbonyl (C=O) groups is 2. The van der Waals surface area contributed by atoms with Crippen LogP contribution in [0, 0.1) is 5.92 Å². The minimum atomic E-state index is -0.204. The van der Waals surface area contributed by atoms with Crippen molar-refractivity contribution in [2.24, 2.45) is 5.92 Å². The Labute approximate surface area is 138 Å². The van der Waals surface area contributed by atoms with E-state index in [1.165, 1.54) is 5.56 Å². The molecule has 5 nitrogen and oxygen atoms in total. The van der Waals surface area contributed by atoms with Crippen molar-refractivity contribution in [2.75, 3.05) is 26.7 Å². The number of benzene rings is 1. The molecule has 5 heteroatoms. The van der Waals surface area contributed by atoms with Gasteiger partial charge in [-0.05, 0) is 26.5 Å². The van der Waals surface area contributed by atoms with E-state index >= 15 is 0 Å². The average Bonchev–Trinajstić information content (AvgIpc) is 2.90. The van der Waals surface area contributed by atoms with Crippen LogP contribution < -0.4 is 5.32 Å². The van der Waals surface area contributed by atoms with Gasteiger partial charge in [0.05, 0.1) is 5.92 Å². The molecule has 1 aliphatic rings. The van der Waals surface area contributed by atoms with E-state index in [9.17, 15) is 9.59 Å². The molecule has 0 aromatic heterocycles. The van der Waals surface area contributed by atoms with Crippen LogP contribution in [0.3, 0.4) is 0 Å². The highest BCUT2D eigenvalue weighted by molar-refractivity contribution is 5.89. The molecule has 1 aromatic carbocycles. The molecule has 1 atom stereocenters. The van der Waals surface area contributed by atoms with Gasteiger partial charge in [-0.25, -0.2) is 0 Å². The fraction of sp³-hybridized carbons (Fsp3) is 0.556. The Morgan fingerprint density at radius 1 is 1.35 bits per heavy atom. The summed E-state index contributed by atoms with van der Waals surface area (Å²) in [6.45, 7) is 6.76. The van der Waals surface area contributed by atoms with Crippen LogP contribution in [0.2, 0.25) is 0 Å². The van der Waals surface area contributed by atoms with Gasteiger partial charge in [0.25, 0.3) is 0 Å². The zero-order valence-electron chi connectivity index (χ0n) is 14.3. The van der Waals surface area contributed by atoms with Crippen LogP contribution in [-0.2, 0) is 16.1 Å². The van der Waals surface area contributed by atoms with Gasteiger partial charge in [0.1, 0.15) is 0 Å². The van der Waals surface area contributed by atoms with Crippen LogP contribution in [0.4, 0.5) is 0 Å². The maximum Gasteiger partial charge on any atom is 0.225 e. The van der Waals surface area contributed by atoms with E-state index < -0.39 is 0 Å². The normalized spacial score (nSPS) is 18.0. The van der Waals surface area contributed by atoms with Gasteiger partial charge in [-0.2, -0.15) is 0 Å². The summed E-state index contributed by atoms with van der Waals surface area (Å²) in [4.78, 5) is 28.0. The maximum atomic E-state index is 12.2.